The van der Waals surface area contributed by atoms with Crippen molar-refractivity contribution >= 4 is 34.8 Å². The molecule has 1 amide bonds. The lowest BCUT2D eigenvalue weighted by Crippen LogP contribution is -2.15. The summed E-state index contributed by atoms with van der Waals surface area (Å²) in [5, 5.41) is 20.6. The number of carbonyl (C=O) groups is 1. The van der Waals surface area contributed by atoms with Crippen LogP contribution in [-0.2, 0) is 4.74 Å². The first-order chi connectivity index (χ1) is 14.5. The molecule has 150 valence electrons. The molecule has 2 aromatic heterocycles. The summed E-state index contributed by atoms with van der Waals surface area (Å²) < 4.78 is 6.35. The second kappa shape index (κ2) is 6.93. The quantitative estimate of drug-likeness (QED) is 0.442. The summed E-state index contributed by atoms with van der Waals surface area (Å²) in [6.45, 7) is 0. The van der Waals surface area contributed by atoms with E-state index in [2.05, 4.69) is 25.5 Å². The molecule has 1 aliphatic rings. The Hall–Kier alpha value is -3.78. The predicted octanol–water partition coefficient (Wildman–Crippen LogP) is 4.45. The van der Waals surface area contributed by atoms with Crippen LogP contribution < -0.4 is 10.6 Å². The van der Waals surface area contributed by atoms with Crippen LogP contribution in [0.5, 0.6) is 5.75 Å². The number of benzene rings is 2. The first kappa shape index (κ1) is 18.3. The summed E-state index contributed by atoms with van der Waals surface area (Å²) >= 11 is 6.17. The SMILES string of the molecule is COC(=O)Nc1nc2c3c(ccn3n1)C(c1ccc(O)c(Cl)c1)Nc1ccccc1-2. The van der Waals surface area contributed by atoms with E-state index >= 15 is 0 Å². The van der Waals surface area contributed by atoms with E-state index < -0.39 is 6.09 Å². The van der Waals surface area contributed by atoms with E-state index in [1.165, 1.54) is 7.11 Å². The Morgan fingerprint density at radius 3 is 2.90 bits per heavy atom. The minimum Gasteiger partial charge on any atom is -0.506 e. The van der Waals surface area contributed by atoms with Crippen molar-refractivity contribution in [1.29, 1.82) is 0 Å². The smallest absolute Gasteiger partial charge is 0.413 e. The number of methoxy groups -OCH3 is 1. The molecular weight excluding hydrogens is 406 g/mol. The van der Waals surface area contributed by atoms with E-state index in [4.69, 9.17) is 11.6 Å². The average molecular weight is 422 g/mol. The van der Waals surface area contributed by atoms with E-state index in [0.717, 1.165) is 27.9 Å². The number of ether oxygens (including phenoxy) is 1. The Kier molecular flexibility index (Phi) is 4.22. The van der Waals surface area contributed by atoms with Gasteiger partial charge >= 0.3 is 6.09 Å². The number of hydrogen-bond acceptors (Lipinski definition) is 6. The maximum absolute atomic E-state index is 11.7. The molecule has 0 bridgehead atoms. The first-order valence-corrected chi connectivity index (χ1v) is 9.51. The summed E-state index contributed by atoms with van der Waals surface area (Å²) in [6, 6.07) is 14.6. The van der Waals surface area contributed by atoms with E-state index in [-0.39, 0.29) is 22.8 Å². The number of anilines is 2. The number of nitrogens with one attached hydrogen (secondary N) is 2. The molecule has 0 spiro atoms. The number of hydrogen-bond donors (Lipinski definition) is 3. The molecule has 1 unspecified atom stereocenters. The number of halogens is 1. The fourth-order valence-electron chi connectivity index (χ4n) is 3.68. The number of aromatic nitrogens is 3. The van der Waals surface area contributed by atoms with Crippen LogP contribution in [0.2, 0.25) is 5.02 Å². The number of phenols is 1. The van der Waals surface area contributed by atoms with Crippen LogP contribution in [0, 0.1) is 0 Å². The van der Waals surface area contributed by atoms with Gasteiger partial charge in [0.2, 0.25) is 0 Å². The van der Waals surface area contributed by atoms with Gasteiger partial charge in [-0.15, -0.1) is 5.10 Å². The Balaban J connectivity index is 1.76. The number of phenolic OH excluding ortho intramolecular Hbond substituents is 1. The maximum atomic E-state index is 11.7. The zero-order valence-corrected chi connectivity index (χ0v) is 16.5. The number of carbonyl (C=O) groups excluding carboxylic acids is 1. The van der Waals surface area contributed by atoms with Crippen LogP contribution in [0.15, 0.2) is 54.7 Å². The van der Waals surface area contributed by atoms with Gasteiger partial charge in [0.05, 0.1) is 23.7 Å². The standard InChI is InChI=1S/C21H16ClN5O3/c1-30-21(29)25-20-24-18-12-4-2-3-5-15(12)23-17(11-6-7-16(28)14(22)10-11)13-8-9-27(26-20)19(13)18/h2-10,17,23,28H,1H3,(H,25,26,29). The highest BCUT2D eigenvalue weighted by atomic mass is 35.5. The maximum Gasteiger partial charge on any atom is 0.413 e. The van der Waals surface area contributed by atoms with Gasteiger partial charge in [-0.1, -0.05) is 35.9 Å². The number of aromatic hydroxyl groups is 1. The highest BCUT2D eigenvalue weighted by Gasteiger charge is 2.28. The van der Waals surface area contributed by atoms with Gasteiger partial charge in [-0.05, 0) is 29.8 Å². The molecule has 3 heterocycles. The van der Waals surface area contributed by atoms with E-state index in [9.17, 15) is 9.90 Å². The number of nitrogens with zero attached hydrogens (tertiary/aromatic N) is 3. The normalized spacial score (nSPS) is 14.5. The van der Waals surface area contributed by atoms with Crippen molar-refractivity contribution in [2.45, 2.75) is 6.04 Å². The summed E-state index contributed by atoms with van der Waals surface area (Å²) in [7, 11) is 1.28. The molecule has 5 rings (SSSR count). The molecule has 3 N–H and O–H groups in total. The summed E-state index contributed by atoms with van der Waals surface area (Å²) in [4.78, 5) is 16.3. The third-order valence-corrected chi connectivity index (χ3v) is 5.34. The van der Waals surface area contributed by atoms with Crippen molar-refractivity contribution in [3.63, 3.8) is 0 Å². The molecular formula is C21H16ClN5O3. The second-order valence-electron chi connectivity index (χ2n) is 6.80. The monoisotopic (exact) mass is 421 g/mol. The summed E-state index contributed by atoms with van der Waals surface area (Å²) in [5.74, 6) is 0.158. The minimum absolute atomic E-state index is 0.0266. The van der Waals surface area contributed by atoms with Gasteiger partial charge in [-0.2, -0.15) is 0 Å². The molecule has 1 aliphatic heterocycles. The van der Waals surface area contributed by atoms with E-state index in [1.54, 1.807) is 16.6 Å². The minimum atomic E-state index is -0.648. The van der Waals surface area contributed by atoms with E-state index in [0.29, 0.717) is 5.69 Å². The van der Waals surface area contributed by atoms with Crippen molar-refractivity contribution in [2.24, 2.45) is 0 Å². The number of rotatable bonds is 2. The van der Waals surface area contributed by atoms with Crippen molar-refractivity contribution in [1.82, 2.24) is 14.6 Å². The topological polar surface area (TPSA) is 101 Å². The zero-order chi connectivity index (χ0) is 20.8. The first-order valence-electron chi connectivity index (χ1n) is 9.14. The lowest BCUT2D eigenvalue weighted by molar-refractivity contribution is 0.186. The molecule has 0 radical (unpaired) electrons. The number of fused-ring (bicyclic) bond motifs is 2. The third kappa shape index (κ3) is 2.89. The fraction of sp³-hybridized carbons (Fsp3) is 0.0952. The van der Waals surface area contributed by atoms with Crippen LogP contribution in [0.3, 0.4) is 0 Å². The Labute approximate surface area is 176 Å². The van der Waals surface area contributed by atoms with Crippen LogP contribution in [0.4, 0.5) is 16.4 Å². The average Bonchev–Trinajstić information content (AvgIpc) is 3.11. The van der Waals surface area contributed by atoms with Crippen LogP contribution >= 0.6 is 11.6 Å². The van der Waals surface area contributed by atoms with Gasteiger partial charge in [0, 0.05) is 23.0 Å². The molecule has 8 nitrogen and oxygen atoms in total. The molecule has 2 aromatic carbocycles. The second-order valence-corrected chi connectivity index (χ2v) is 7.21. The molecule has 0 saturated heterocycles. The van der Waals surface area contributed by atoms with Crippen molar-refractivity contribution in [3.8, 4) is 17.0 Å². The van der Waals surface area contributed by atoms with Crippen molar-refractivity contribution in [3.05, 3.63) is 70.9 Å². The van der Waals surface area contributed by atoms with Crippen LogP contribution in [0.25, 0.3) is 16.8 Å². The molecule has 1 atom stereocenters. The van der Waals surface area contributed by atoms with Gasteiger partial charge in [0.25, 0.3) is 5.95 Å². The Morgan fingerprint density at radius 2 is 2.10 bits per heavy atom. The van der Waals surface area contributed by atoms with Crippen molar-refractivity contribution in [2.75, 3.05) is 17.7 Å². The van der Waals surface area contributed by atoms with Crippen LogP contribution in [-0.4, -0.2) is 32.9 Å². The molecule has 9 heteroatoms. The van der Waals surface area contributed by atoms with Gasteiger partial charge in [-0.3, -0.25) is 5.32 Å². The lowest BCUT2D eigenvalue weighted by Gasteiger charge is -2.19. The van der Waals surface area contributed by atoms with Crippen molar-refractivity contribution < 1.29 is 14.6 Å². The van der Waals surface area contributed by atoms with Crippen LogP contribution in [0.1, 0.15) is 17.2 Å². The highest BCUT2D eigenvalue weighted by Crippen LogP contribution is 2.42. The predicted molar refractivity (Wildman–Crippen MR) is 113 cm³/mol. The molecule has 4 aromatic rings. The Morgan fingerprint density at radius 1 is 1.27 bits per heavy atom. The van der Waals surface area contributed by atoms with E-state index in [1.807, 2.05) is 42.6 Å². The molecule has 0 aliphatic carbocycles. The van der Waals surface area contributed by atoms with Gasteiger partial charge < -0.3 is 15.2 Å². The Bertz CT molecular complexity index is 1300. The largest absolute Gasteiger partial charge is 0.506 e. The molecule has 0 fully saturated rings. The molecule has 0 saturated carbocycles. The number of para-hydroxylation sites is 1. The fourth-order valence-corrected chi connectivity index (χ4v) is 3.87. The summed E-state index contributed by atoms with van der Waals surface area (Å²) in [5.41, 5.74) is 5.03. The van der Waals surface area contributed by atoms with Gasteiger partial charge in [0.15, 0.2) is 0 Å². The zero-order valence-electron chi connectivity index (χ0n) is 15.8. The lowest BCUT2D eigenvalue weighted by atomic mass is 9.99. The van der Waals surface area contributed by atoms with Gasteiger partial charge in [0.1, 0.15) is 11.4 Å². The number of amides is 1. The summed E-state index contributed by atoms with van der Waals surface area (Å²) in [6.07, 6.45) is 1.16. The molecule has 30 heavy (non-hydrogen) atoms. The van der Waals surface area contributed by atoms with Gasteiger partial charge in [-0.25, -0.2) is 14.3 Å². The highest BCUT2D eigenvalue weighted by molar-refractivity contribution is 6.32. The third-order valence-electron chi connectivity index (χ3n) is 5.04.